The highest BCUT2D eigenvalue weighted by Gasteiger charge is 2.36. The largest absolute Gasteiger partial charge is 0.366 e. The third-order valence-corrected chi connectivity index (χ3v) is 4.38. The molecule has 106 valence electrons. The minimum atomic E-state index is 0.0243. The van der Waals surface area contributed by atoms with Crippen LogP contribution in [0.15, 0.2) is 30.3 Å². The predicted molar refractivity (Wildman–Crippen MR) is 80.2 cm³/mol. The molecule has 1 fully saturated rings. The summed E-state index contributed by atoms with van der Waals surface area (Å²) in [5.74, 6) is 0.848. The molecule has 1 atom stereocenters. The first-order chi connectivity index (χ1) is 9.15. The Morgan fingerprint density at radius 2 is 1.89 bits per heavy atom. The number of hydrogen-bond donors (Lipinski definition) is 1. The molecule has 1 aliphatic carbocycles. The van der Waals surface area contributed by atoms with E-state index in [9.17, 15) is 0 Å². The average molecular weight is 261 g/mol. The number of hydrogen-bond acceptors (Lipinski definition) is 2. The van der Waals surface area contributed by atoms with Gasteiger partial charge < -0.3 is 10.1 Å². The van der Waals surface area contributed by atoms with Crippen molar-refractivity contribution >= 4 is 0 Å². The van der Waals surface area contributed by atoms with E-state index in [0.717, 1.165) is 12.5 Å². The molecule has 2 heteroatoms. The van der Waals surface area contributed by atoms with Crippen molar-refractivity contribution in [3.05, 3.63) is 35.9 Å². The monoisotopic (exact) mass is 261 g/mol. The molecular weight excluding hydrogens is 234 g/mol. The van der Waals surface area contributed by atoms with Crippen molar-refractivity contribution in [1.29, 1.82) is 0 Å². The second-order valence-corrected chi connectivity index (χ2v) is 6.07. The molecule has 0 saturated heterocycles. The minimum Gasteiger partial charge on any atom is -0.366 e. The summed E-state index contributed by atoms with van der Waals surface area (Å²) in [6.07, 6.45) is 5.08. The highest BCUT2D eigenvalue weighted by Crippen LogP contribution is 2.37. The van der Waals surface area contributed by atoms with E-state index >= 15 is 0 Å². The molecule has 1 N–H and O–H groups in total. The van der Waals surface area contributed by atoms with Gasteiger partial charge in [0.2, 0.25) is 0 Å². The van der Waals surface area contributed by atoms with Gasteiger partial charge in [0.1, 0.15) is 0 Å². The Bertz CT molecular complexity index is 368. The summed E-state index contributed by atoms with van der Waals surface area (Å²) in [7, 11) is 2.02. The first-order valence-electron chi connectivity index (χ1n) is 7.52. The molecule has 19 heavy (non-hydrogen) atoms. The van der Waals surface area contributed by atoms with Crippen LogP contribution in [0.2, 0.25) is 0 Å². The number of nitrogens with one attached hydrogen (secondary N) is 1. The molecule has 0 radical (unpaired) electrons. The van der Waals surface area contributed by atoms with Crippen LogP contribution in [0.5, 0.6) is 0 Å². The number of benzene rings is 1. The third-order valence-electron chi connectivity index (χ3n) is 4.38. The van der Waals surface area contributed by atoms with Gasteiger partial charge in [0.05, 0.1) is 11.7 Å². The second kappa shape index (κ2) is 6.53. The van der Waals surface area contributed by atoms with Crippen molar-refractivity contribution in [1.82, 2.24) is 5.32 Å². The molecule has 0 aliphatic heterocycles. The quantitative estimate of drug-likeness (QED) is 0.867. The lowest BCUT2D eigenvalue weighted by Crippen LogP contribution is -2.45. The minimum absolute atomic E-state index is 0.0243. The Balaban J connectivity index is 2.04. The van der Waals surface area contributed by atoms with E-state index in [4.69, 9.17) is 4.74 Å². The van der Waals surface area contributed by atoms with Crippen LogP contribution in [-0.4, -0.2) is 19.2 Å². The van der Waals surface area contributed by atoms with Crippen molar-refractivity contribution in [2.75, 3.05) is 13.6 Å². The van der Waals surface area contributed by atoms with Crippen molar-refractivity contribution < 1.29 is 4.74 Å². The maximum atomic E-state index is 6.49. The fourth-order valence-corrected chi connectivity index (χ4v) is 3.11. The van der Waals surface area contributed by atoms with Gasteiger partial charge in [0.25, 0.3) is 0 Å². The lowest BCUT2D eigenvalue weighted by Gasteiger charge is -2.41. The molecule has 1 unspecified atom stereocenters. The second-order valence-electron chi connectivity index (χ2n) is 6.07. The average Bonchev–Trinajstić information content (AvgIpc) is 2.43. The molecule has 0 heterocycles. The van der Waals surface area contributed by atoms with Crippen LogP contribution in [0, 0.1) is 5.92 Å². The van der Waals surface area contributed by atoms with Crippen LogP contribution in [0.25, 0.3) is 0 Å². The maximum absolute atomic E-state index is 6.49. The fraction of sp³-hybridized carbons (Fsp3) is 0.647. The predicted octanol–water partition coefficient (Wildman–Crippen LogP) is 3.93. The van der Waals surface area contributed by atoms with Gasteiger partial charge in [-0.25, -0.2) is 0 Å². The lowest BCUT2D eigenvalue weighted by molar-refractivity contribution is -0.112. The summed E-state index contributed by atoms with van der Waals surface area (Å²) < 4.78 is 6.49. The third kappa shape index (κ3) is 3.80. The van der Waals surface area contributed by atoms with Gasteiger partial charge >= 0.3 is 0 Å². The van der Waals surface area contributed by atoms with E-state index in [2.05, 4.69) is 49.5 Å². The molecular formula is C17H27NO. The van der Waals surface area contributed by atoms with Gasteiger partial charge in [-0.2, -0.15) is 0 Å². The summed E-state index contributed by atoms with van der Waals surface area (Å²) in [4.78, 5) is 0. The molecule has 1 aliphatic rings. The highest BCUT2D eigenvalue weighted by molar-refractivity contribution is 5.17. The Hall–Kier alpha value is -0.860. The summed E-state index contributed by atoms with van der Waals surface area (Å²) in [5, 5.41) is 3.32. The molecule has 2 rings (SSSR count). The van der Waals surface area contributed by atoms with Crippen molar-refractivity contribution in [2.24, 2.45) is 5.92 Å². The molecule has 0 aromatic heterocycles. The zero-order valence-corrected chi connectivity index (χ0v) is 12.5. The van der Waals surface area contributed by atoms with Crippen LogP contribution in [-0.2, 0) is 4.74 Å². The van der Waals surface area contributed by atoms with Gasteiger partial charge in [-0.15, -0.1) is 0 Å². The number of rotatable bonds is 5. The van der Waals surface area contributed by atoms with Crippen molar-refractivity contribution in [2.45, 2.75) is 51.2 Å². The van der Waals surface area contributed by atoms with E-state index in [1.807, 2.05) is 7.05 Å². The molecule has 1 aromatic rings. The molecule has 1 aromatic carbocycles. The Morgan fingerprint density at radius 1 is 1.26 bits per heavy atom. The van der Waals surface area contributed by atoms with Gasteiger partial charge in [0, 0.05) is 6.54 Å². The van der Waals surface area contributed by atoms with Crippen LogP contribution in [0.1, 0.15) is 51.2 Å². The standard InChI is InChI=1S/C17H27NO/c1-14-9-11-17(12-10-14,13-18-3)19-15(2)16-7-5-4-6-8-16/h4-8,14-15,18H,9-13H2,1-3H3. The Morgan fingerprint density at radius 3 is 2.47 bits per heavy atom. The van der Waals surface area contributed by atoms with E-state index in [1.54, 1.807) is 0 Å². The first-order valence-corrected chi connectivity index (χ1v) is 7.52. The van der Waals surface area contributed by atoms with E-state index in [-0.39, 0.29) is 11.7 Å². The molecule has 1 saturated carbocycles. The first kappa shape index (κ1) is 14.5. The molecule has 2 nitrogen and oxygen atoms in total. The van der Waals surface area contributed by atoms with Gasteiger partial charge in [-0.1, -0.05) is 37.3 Å². The van der Waals surface area contributed by atoms with Crippen LogP contribution >= 0.6 is 0 Å². The van der Waals surface area contributed by atoms with E-state index in [0.29, 0.717) is 0 Å². The Labute approximate surface area is 117 Å². The zero-order valence-electron chi connectivity index (χ0n) is 12.5. The lowest BCUT2D eigenvalue weighted by atomic mass is 9.79. The van der Waals surface area contributed by atoms with Gasteiger partial charge in [-0.3, -0.25) is 0 Å². The van der Waals surface area contributed by atoms with Crippen molar-refractivity contribution in [3.8, 4) is 0 Å². The van der Waals surface area contributed by atoms with Gasteiger partial charge in [-0.05, 0) is 51.1 Å². The summed E-state index contributed by atoms with van der Waals surface area (Å²) in [6.45, 7) is 5.48. The smallest absolute Gasteiger partial charge is 0.0814 e. The topological polar surface area (TPSA) is 21.3 Å². The zero-order chi connectivity index (χ0) is 13.7. The molecule has 0 amide bonds. The summed E-state index contributed by atoms with van der Waals surface area (Å²) >= 11 is 0. The normalized spacial score (nSPS) is 29.1. The van der Waals surface area contributed by atoms with E-state index < -0.39 is 0 Å². The Kier molecular flexibility index (Phi) is 5.00. The van der Waals surface area contributed by atoms with E-state index in [1.165, 1.54) is 31.2 Å². The number of ether oxygens (including phenoxy) is 1. The van der Waals surface area contributed by atoms with Gasteiger partial charge in [0.15, 0.2) is 0 Å². The highest BCUT2D eigenvalue weighted by atomic mass is 16.5. The van der Waals surface area contributed by atoms with Crippen molar-refractivity contribution in [3.63, 3.8) is 0 Å². The summed E-state index contributed by atoms with van der Waals surface area (Å²) in [5.41, 5.74) is 1.30. The molecule has 0 bridgehead atoms. The maximum Gasteiger partial charge on any atom is 0.0814 e. The van der Waals surface area contributed by atoms with Crippen LogP contribution in [0.3, 0.4) is 0 Å². The van der Waals surface area contributed by atoms with Crippen LogP contribution in [0.4, 0.5) is 0 Å². The van der Waals surface area contributed by atoms with Crippen LogP contribution < -0.4 is 5.32 Å². The molecule has 0 spiro atoms. The fourth-order valence-electron chi connectivity index (χ4n) is 3.11. The SMILES string of the molecule is CNCC1(OC(C)c2ccccc2)CCC(C)CC1. The number of likely N-dealkylation sites (N-methyl/N-ethyl adjacent to an activating group) is 1. The summed E-state index contributed by atoms with van der Waals surface area (Å²) in [6, 6.07) is 10.5.